The topological polar surface area (TPSA) is 70.6 Å². The Bertz CT molecular complexity index is 668. The summed E-state index contributed by atoms with van der Waals surface area (Å²) in [5.41, 5.74) is 7.63. The third kappa shape index (κ3) is 3.25. The number of aryl methyl sites for hydroxylation is 1. The van der Waals surface area contributed by atoms with Gasteiger partial charge in [-0.05, 0) is 24.6 Å². The fraction of sp³-hybridized carbons (Fsp3) is 0.133. The third-order valence-electron chi connectivity index (χ3n) is 3.14. The zero-order valence-electron chi connectivity index (χ0n) is 11.4. The maximum atomic E-state index is 14.3. The summed E-state index contributed by atoms with van der Waals surface area (Å²) in [5, 5.41) is 15.1. The van der Waals surface area contributed by atoms with E-state index in [4.69, 9.17) is 22.5 Å². The zero-order chi connectivity index (χ0) is 15.4. The van der Waals surface area contributed by atoms with Gasteiger partial charge in [-0.1, -0.05) is 41.0 Å². The molecule has 0 saturated carbocycles. The molecule has 0 spiro atoms. The Morgan fingerprint density at radius 3 is 2.71 bits per heavy atom. The summed E-state index contributed by atoms with van der Waals surface area (Å²) in [7, 11) is 0. The summed E-state index contributed by atoms with van der Waals surface area (Å²) < 4.78 is 14.3. The Kier molecular flexibility index (Phi) is 4.65. The Morgan fingerprint density at radius 2 is 2.05 bits per heavy atom. The van der Waals surface area contributed by atoms with Crippen LogP contribution >= 0.6 is 11.6 Å². The number of nitrogens with two attached hydrogens (primary N) is 1. The van der Waals surface area contributed by atoms with E-state index in [1.165, 1.54) is 6.07 Å². The van der Waals surface area contributed by atoms with Gasteiger partial charge < -0.3 is 16.3 Å². The summed E-state index contributed by atoms with van der Waals surface area (Å²) in [4.78, 5) is 0. The lowest BCUT2D eigenvalue weighted by Gasteiger charge is -2.13. The predicted molar refractivity (Wildman–Crippen MR) is 82.4 cm³/mol. The predicted octanol–water partition coefficient (Wildman–Crippen LogP) is 3.49. The van der Waals surface area contributed by atoms with Crippen molar-refractivity contribution in [2.24, 2.45) is 10.9 Å². The largest absolute Gasteiger partial charge is 0.409 e. The van der Waals surface area contributed by atoms with Gasteiger partial charge in [0.1, 0.15) is 5.82 Å². The lowest BCUT2D eigenvalue weighted by molar-refractivity contribution is 0.318. The number of halogens is 2. The zero-order valence-corrected chi connectivity index (χ0v) is 12.2. The number of nitrogens with zero attached hydrogens (tertiary/aromatic N) is 1. The number of amidine groups is 1. The van der Waals surface area contributed by atoms with Crippen LogP contribution in [0.4, 0.5) is 10.1 Å². The summed E-state index contributed by atoms with van der Waals surface area (Å²) in [6, 6.07) is 10.3. The van der Waals surface area contributed by atoms with Gasteiger partial charge >= 0.3 is 0 Å². The minimum absolute atomic E-state index is 0.0627. The maximum absolute atomic E-state index is 14.3. The van der Waals surface area contributed by atoms with Crippen molar-refractivity contribution in [3.8, 4) is 0 Å². The molecular weight excluding hydrogens is 293 g/mol. The van der Waals surface area contributed by atoms with E-state index in [0.29, 0.717) is 10.6 Å². The highest BCUT2D eigenvalue weighted by molar-refractivity contribution is 6.33. The van der Waals surface area contributed by atoms with Gasteiger partial charge in [0, 0.05) is 12.1 Å². The van der Waals surface area contributed by atoms with Crippen molar-refractivity contribution >= 4 is 23.1 Å². The molecule has 0 heterocycles. The van der Waals surface area contributed by atoms with Crippen molar-refractivity contribution in [1.29, 1.82) is 0 Å². The number of hydrogen-bond acceptors (Lipinski definition) is 3. The Labute approximate surface area is 127 Å². The quantitative estimate of drug-likeness (QED) is 0.350. The maximum Gasteiger partial charge on any atom is 0.173 e. The fourth-order valence-electron chi connectivity index (χ4n) is 2.01. The molecule has 0 bridgehead atoms. The Hall–Kier alpha value is -2.27. The van der Waals surface area contributed by atoms with Crippen LogP contribution in [-0.2, 0) is 6.54 Å². The molecule has 0 amide bonds. The number of para-hydroxylation sites is 1. The highest BCUT2D eigenvalue weighted by Gasteiger charge is 2.12. The molecule has 6 heteroatoms. The molecule has 0 saturated heterocycles. The second-order valence-corrected chi connectivity index (χ2v) is 4.96. The van der Waals surface area contributed by atoms with Crippen LogP contribution in [0.25, 0.3) is 0 Å². The van der Waals surface area contributed by atoms with E-state index in [2.05, 4.69) is 10.5 Å². The Balaban J connectivity index is 2.25. The summed E-state index contributed by atoms with van der Waals surface area (Å²) in [6.45, 7) is 2.15. The van der Waals surface area contributed by atoms with E-state index < -0.39 is 5.82 Å². The van der Waals surface area contributed by atoms with E-state index in [0.717, 1.165) is 11.3 Å². The van der Waals surface area contributed by atoms with Gasteiger partial charge in [0.15, 0.2) is 5.84 Å². The van der Waals surface area contributed by atoms with Crippen molar-refractivity contribution in [2.75, 3.05) is 5.32 Å². The molecular formula is C15H15ClFN3O. The standard InChI is InChI=1S/C15H15ClFN3O/c1-9-4-2-7-12(16)14(9)19-8-10-5-3-6-11(13(10)17)15(18)20-21/h2-7,19,21H,8H2,1H3,(H2,18,20). The molecule has 0 aromatic heterocycles. The van der Waals surface area contributed by atoms with E-state index in [-0.39, 0.29) is 17.9 Å². The lowest BCUT2D eigenvalue weighted by atomic mass is 10.1. The van der Waals surface area contributed by atoms with Crippen LogP contribution in [0.15, 0.2) is 41.6 Å². The smallest absolute Gasteiger partial charge is 0.173 e. The second kappa shape index (κ2) is 6.45. The summed E-state index contributed by atoms with van der Waals surface area (Å²) in [6.07, 6.45) is 0. The minimum Gasteiger partial charge on any atom is -0.409 e. The molecule has 0 radical (unpaired) electrons. The molecule has 0 unspecified atom stereocenters. The van der Waals surface area contributed by atoms with Crippen LogP contribution in [0.1, 0.15) is 16.7 Å². The van der Waals surface area contributed by atoms with Gasteiger partial charge in [-0.15, -0.1) is 0 Å². The monoisotopic (exact) mass is 307 g/mol. The van der Waals surface area contributed by atoms with E-state index in [1.807, 2.05) is 19.1 Å². The first kappa shape index (κ1) is 15.1. The number of benzene rings is 2. The molecule has 110 valence electrons. The van der Waals surface area contributed by atoms with E-state index >= 15 is 0 Å². The van der Waals surface area contributed by atoms with Crippen LogP contribution in [0.2, 0.25) is 5.02 Å². The molecule has 0 atom stereocenters. The number of hydrogen-bond donors (Lipinski definition) is 3. The molecule has 2 aromatic carbocycles. The molecule has 4 N–H and O–H groups in total. The summed E-state index contributed by atoms with van der Waals surface area (Å²) in [5.74, 6) is -0.784. The number of anilines is 1. The molecule has 0 aliphatic heterocycles. The average molecular weight is 308 g/mol. The van der Waals surface area contributed by atoms with Crippen molar-refractivity contribution in [1.82, 2.24) is 0 Å². The van der Waals surface area contributed by atoms with Crippen molar-refractivity contribution in [3.05, 3.63) is 63.9 Å². The van der Waals surface area contributed by atoms with Crippen molar-refractivity contribution in [2.45, 2.75) is 13.5 Å². The van der Waals surface area contributed by atoms with Gasteiger partial charge in [0.2, 0.25) is 0 Å². The first-order chi connectivity index (χ1) is 10.0. The van der Waals surface area contributed by atoms with Gasteiger partial charge in [-0.2, -0.15) is 0 Å². The molecule has 2 aromatic rings. The van der Waals surface area contributed by atoms with Crippen LogP contribution < -0.4 is 11.1 Å². The van der Waals surface area contributed by atoms with Gasteiger partial charge in [0.05, 0.1) is 16.3 Å². The summed E-state index contributed by atoms with van der Waals surface area (Å²) >= 11 is 6.11. The number of nitrogens with one attached hydrogen (secondary N) is 1. The first-order valence-electron chi connectivity index (χ1n) is 6.29. The lowest BCUT2D eigenvalue weighted by Crippen LogP contribution is -2.16. The van der Waals surface area contributed by atoms with E-state index in [1.54, 1.807) is 18.2 Å². The van der Waals surface area contributed by atoms with Crippen LogP contribution in [0.5, 0.6) is 0 Å². The van der Waals surface area contributed by atoms with Crippen LogP contribution in [0.3, 0.4) is 0 Å². The van der Waals surface area contributed by atoms with Crippen LogP contribution in [0, 0.1) is 12.7 Å². The second-order valence-electron chi connectivity index (χ2n) is 4.55. The fourth-order valence-corrected chi connectivity index (χ4v) is 2.30. The van der Waals surface area contributed by atoms with E-state index in [9.17, 15) is 4.39 Å². The Morgan fingerprint density at radius 1 is 1.33 bits per heavy atom. The molecule has 2 rings (SSSR count). The normalized spacial score (nSPS) is 11.5. The third-order valence-corrected chi connectivity index (χ3v) is 3.45. The highest BCUT2D eigenvalue weighted by Crippen LogP contribution is 2.26. The molecule has 0 aliphatic rings. The van der Waals surface area contributed by atoms with Crippen molar-refractivity contribution in [3.63, 3.8) is 0 Å². The average Bonchev–Trinajstić information content (AvgIpc) is 2.47. The number of rotatable bonds is 4. The SMILES string of the molecule is Cc1cccc(Cl)c1NCc1cccc(/C(N)=N/O)c1F. The number of oxime groups is 1. The molecule has 21 heavy (non-hydrogen) atoms. The van der Waals surface area contributed by atoms with Gasteiger partial charge in [-0.3, -0.25) is 0 Å². The van der Waals surface area contributed by atoms with Crippen LogP contribution in [-0.4, -0.2) is 11.0 Å². The van der Waals surface area contributed by atoms with Crippen molar-refractivity contribution < 1.29 is 9.60 Å². The molecule has 4 nitrogen and oxygen atoms in total. The molecule has 0 fully saturated rings. The van der Waals surface area contributed by atoms with Gasteiger partial charge in [0.25, 0.3) is 0 Å². The highest BCUT2D eigenvalue weighted by atomic mass is 35.5. The first-order valence-corrected chi connectivity index (χ1v) is 6.66. The minimum atomic E-state index is -0.523. The van der Waals surface area contributed by atoms with Gasteiger partial charge in [-0.25, -0.2) is 4.39 Å². The molecule has 0 aliphatic carbocycles.